The number of anilines is 1. The number of hydrogen-bond acceptors (Lipinski definition) is 12. The second-order valence-electron chi connectivity index (χ2n) is 7.28. The lowest BCUT2D eigenvalue weighted by Crippen LogP contribution is -2.40. The molecule has 174 valence electrons. The number of ether oxygens (including phenoxy) is 4. The largest absolute Gasteiger partial charge is 0.463 e. The standard InChI is InChI=1S/C20H21N5O7S/c1-9(26)29-6-13-16(30-10(2)27)17(31-11(3)28)19(32-13)25-8-22-15-14(12-4-5-33-7-12)23-20(21)24-18(15)25/h4-5,7-8,13,16-17,19H,6H2,1-3H3,(H2,21,23,24)/t13-,16-,17-,19-/m1/s1. The summed E-state index contributed by atoms with van der Waals surface area (Å²) in [6.45, 7) is 3.47. The number of carbonyl (C=O) groups is 3. The van der Waals surface area contributed by atoms with Crippen molar-refractivity contribution in [1.29, 1.82) is 0 Å². The van der Waals surface area contributed by atoms with E-state index in [-0.39, 0.29) is 12.6 Å². The number of aromatic nitrogens is 4. The van der Waals surface area contributed by atoms with Crippen molar-refractivity contribution in [2.75, 3.05) is 12.3 Å². The molecule has 3 aromatic rings. The van der Waals surface area contributed by atoms with Crippen LogP contribution in [0.2, 0.25) is 0 Å². The maximum absolute atomic E-state index is 11.9. The van der Waals surface area contributed by atoms with Crippen molar-refractivity contribution in [3.63, 3.8) is 0 Å². The molecule has 33 heavy (non-hydrogen) atoms. The Kier molecular flexibility index (Phi) is 6.24. The van der Waals surface area contributed by atoms with Crippen LogP contribution in [0.25, 0.3) is 22.4 Å². The van der Waals surface area contributed by atoms with Gasteiger partial charge in [0, 0.05) is 31.7 Å². The molecule has 0 aromatic carbocycles. The van der Waals surface area contributed by atoms with E-state index in [0.717, 1.165) is 5.56 Å². The first-order valence-corrected chi connectivity index (χ1v) is 10.8. The quantitative estimate of drug-likeness (QED) is 0.406. The van der Waals surface area contributed by atoms with Gasteiger partial charge in [0.15, 0.2) is 24.1 Å². The van der Waals surface area contributed by atoms with Crippen LogP contribution in [0.3, 0.4) is 0 Å². The summed E-state index contributed by atoms with van der Waals surface area (Å²) in [6.07, 6.45) is -2.54. The highest BCUT2D eigenvalue weighted by Crippen LogP contribution is 2.37. The molecule has 0 aliphatic carbocycles. The van der Waals surface area contributed by atoms with Gasteiger partial charge in [0.05, 0.1) is 6.33 Å². The first-order chi connectivity index (χ1) is 15.7. The molecular formula is C20H21N5O7S. The number of fused-ring (bicyclic) bond motifs is 1. The van der Waals surface area contributed by atoms with Crippen molar-refractivity contribution in [1.82, 2.24) is 19.5 Å². The van der Waals surface area contributed by atoms with Crippen molar-refractivity contribution in [2.24, 2.45) is 0 Å². The van der Waals surface area contributed by atoms with Gasteiger partial charge in [-0.2, -0.15) is 16.3 Å². The molecule has 3 aromatic heterocycles. The molecule has 4 rings (SSSR count). The number of rotatable bonds is 6. The molecule has 1 aliphatic heterocycles. The molecule has 12 nitrogen and oxygen atoms in total. The molecule has 0 amide bonds. The fourth-order valence-corrected chi connectivity index (χ4v) is 4.28. The smallest absolute Gasteiger partial charge is 0.303 e. The summed E-state index contributed by atoms with van der Waals surface area (Å²) in [4.78, 5) is 48.0. The Labute approximate surface area is 191 Å². The molecule has 1 aliphatic rings. The lowest BCUT2D eigenvalue weighted by molar-refractivity contribution is -0.166. The van der Waals surface area contributed by atoms with Crippen LogP contribution in [0.15, 0.2) is 23.2 Å². The van der Waals surface area contributed by atoms with Gasteiger partial charge < -0.3 is 24.7 Å². The molecule has 13 heteroatoms. The summed E-state index contributed by atoms with van der Waals surface area (Å²) in [5.74, 6) is -1.76. The van der Waals surface area contributed by atoms with Gasteiger partial charge in [-0.25, -0.2) is 9.97 Å². The molecule has 2 N–H and O–H groups in total. The fraction of sp³-hybridized carbons (Fsp3) is 0.400. The highest BCUT2D eigenvalue weighted by atomic mass is 32.1. The highest BCUT2D eigenvalue weighted by Gasteiger charge is 2.51. The lowest BCUT2D eigenvalue weighted by atomic mass is 10.1. The van der Waals surface area contributed by atoms with Crippen molar-refractivity contribution in [2.45, 2.75) is 45.3 Å². The topological polar surface area (TPSA) is 158 Å². The van der Waals surface area contributed by atoms with E-state index in [2.05, 4.69) is 15.0 Å². The molecule has 4 heterocycles. The predicted octanol–water partition coefficient (Wildman–Crippen LogP) is 1.46. The highest BCUT2D eigenvalue weighted by molar-refractivity contribution is 7.08. The predicted molar refractivity (Wildman–Crippen MR) is 115 cm³/mol. The van der Waals surface area contributed by atoms with Gasteiger partial charge in [-0.05, 0) is 11.4 Å². The van der Waals surface area contributed by atoms with E-state index in [0.29, 0.717) is 16.9 Å². The molecule has 0 radical (unpaired) electrons. The van der Waals surface area contributed by atoms with Crippen molar-refractivity contribution >= 4 is 46.4 Å². The second-order valence-corrected chi connectivity index (χ2v) is 8.06. The molecule has 0 bridgehead atoms. The van der Waals surface area contributed by atoms with Gasteiger partial charge in [-0.3, -0.25) is 19.0 Å². The van der Waals surface area contributed by atoms with Gasteiger partial charge in [-0.15, -0.1) is 0 Å². The Morgan fingerprint density at radius 1 is 1.12 bits per heavy atom. The number of nitrogens with two attached hydrogens (primary N) is 1. The van der Waals surface area contributed by atoms with Crippen LogP contribution in [0.5, 0.6) is 0 Å². The minimum Gasteiger partial charge on any atom is -0.463 e. The Hall–Kier alpha value is -3.58. The van der Waals surface area contributed by atoms with E-state index in [1.54, 1.807) is 0 Å². The Morgan fingerprint density at radius 2 is 1.85 bits per heavy atom. The molecule has 0 spiro atoms. The van der Waals surface area contributed by atoms with Crippen LogP contribution in [-0.4, -0.2) is 62.3 Å². The van der Waals surface area contributed by atoms with Crippen LogP contribution in [0.4, 0.5) is 5.95 Å². The van der Waals surface area contributed by atoms with E-state index in [1.165, 1.54) is 43.0 Å². The summed E-state index contributed by atoms with van der Waals surface area (Å²) < 4.78 is 23.5. The maximum atomic E-state index is 11.9. The number of nitrogen functional groups attached to an aromatic ring is 1. The van der Waals surface area contributed by atoms with Crippen molar-refractivity contribution < 1.29 is 33.3 Å². The van der Waals surface area contributed by atoms with Gasteiger partial charge in [0.2, 0.25) is 5.95 Å². The number of thiophene rings is 1. The normalized spacial score (nSPS) is 22.3. The van der Waals surface area contributed by atoms with E-state index in [1.807, 2.05) is 16.8 Å². The summed E-state index contributed by atoms with van der Waals surface area (Å²) in [6, 6.07) is 1.88. The minimum absolute atomic E-state index is 0.0143. The van der Waals surface area contributed by atoms with E-state index < -0.39 is 42.4 Å². The molecule has 1 saturated heterocycles. The third kappa shape index (κ3) is 4.64. The summed E-state index contributed by atoms with van der Waals surface area (Å²) in [7, 11) is 0. The average molecular weight is 475 g/mol. The zero-order valence-electron chi connectivity index (χ0n) is 18.0. The van der Waals surface area contributed by atoms with Crippen LogP contribution in [0.1, 0.15) is 27.0 Å². The summed E-state index contributed by atoms with van der Waals surface area (Å²) in [5.41, 5.74) is 8.11. The Bertz CT molecular complexity index is 1200. The first-order valence-electron chi connectivity index (χ1n) is 9.90. The van der Waals surface area contributed by atoms with E-state index in [4.69, 9.17) is 24.7 Å². The monoisotopic (exact) mass is 475 g/mol. The third-order valence-electron chi connectivity index (χ3n) is 4.85. The van der Waals surface area contributed by atoms with Crippen LogP contribution >= 0.6 is 11.3 Å². The molecule has 4 atom stereocenters. The summed E-state index contributed by atoms with van der Waals surface area (Å²) in [5, 5.41) is 3.80. The molecular weight excluding hydrogens is 454 g/mol. The fourth-order valence-electron chi connectivity index (χ4n) is 3.64. The molecule has 1 fully saturated rings. The van der Waals surface area contributed by atoms with Crippen LogP contribution in [-0.2, 0) is 33.3 Å². The maximum Gasteiger partial charge on any atom is 0.303 e. The first kappa shape index (κ1) is 22.6. The van der Waals surface area contributed by atoms with Crippen LogP contribution in [0, 0.1) is 0 Å². The minimum atomic E-state index is -1.06. The number of nitrogens with zero attached hydrogens (tertiary/aromatic N) is 4. The van der Waals surface area contributed by atoms with E-state index >= 15 is 0 Å². The Balaban J connectivity index is 1.79. The van der Waals surface area contributed by atoms with Gasteiger partial charge in [0.25, 0.3) is 0 Å². The van der Waals surface area contributed by atoms with E-state index in [9.17, 15) is 14.4 Å². The Morgan fingerprint density at radius 3 is 2.48 bits per heavy atom. The van der Waals surface area contributed by atoms with Gasteiger partial charge >= 0.3 is 17.9 Å². The second kappa shape index (κ2) is 9.11. The van der Waals surface area contributed by atoms with Crippen LogP contribution < -0.4 is 5.73 Å². The van der Waals surface area contributed by atoms with Crippen molar-refractivity contribution in [3.05, 3.63) is 23.2 Å². The third-order valence-corrected chi connectivity index (χ3v) is 5.53. The lowest BCUT2D eigenvalue weighted by Gasteiger charge is -2.23. The average Bonchev–Trinajstić information content (AvgIpc) is 3.46. The zero-order valence-corrected chi connectivity index (χ0v) is 18.8. The van der Waals surface area contributed by atoms with Gasteiger partial charge in [-0.1, -0.05) is 0 Å². The van der Waals surface area contributed by atoms with Crippen molar-refractivity contribution in [3.8, 4) is 11.3 Å². The number of esters is 3. The zero-order chi connectivity index (χ0) is 23.7. The number of carbonyl (C=O) groups excluding carboxylic acids is 3. The SMILES string of the molecule is CC(=O)OC[C@H]1O[C@@H](n2cnc3c(-c4ccsc4)nc(N)nc32)[C@H](OC(C)=O)[C@@H]1OC(C)=O. The molecule has 0 unspecified atom stereocenters. The summed E-state index contributed by atoms with van der Waals surface area (Å²) >= 11 is 1.49. The van der Waals surface area contributed by atoms with Gasteiger partial charge in [0.1, 0.15) is 23.9 Å². The number of imidazole rings is 1. The number of hydrogen-bond donors (Lipinski definition) is 1. The molecule has 0 saturated carbocycles.